The Morgan fingerprint density at radius 3 is 2.64 bits per heavy atom. The molecule has 1 amide bonds. The van der Waals surface area contributed by atoms with Crippen LogP contribution in [0.2, 0.25) is 0 Å². The zero-order valence-corrected chi connectivity index (χ0v) is 13.0. The van der Waals surface area contributed by atoms with Crippen molar-refractivity contribution in [1.82, 2.24) is 29.5 Å². The van der Waals surface area contributed by atoms with E-state index in [0.717, 1.165) is 0 Å². The van der Waals surface area contributed by atoms with Gasteiger partial charge in [0, 0.05) is 12.4 Å². The molecule has 0 aliphatic heterocycles. The quantitative estimate of drug-likeness (QED) is 0.618. The average molecular weight is 331 g/mol. The molecule has 0 atom stereocenters. The number of anilines is 1. The normalized spacial score (nSPS) is 10.6. The molecule has 0 saturated carbocycles. The first-order valence-electron chi connectivity index (χ1n) is 7.53. The maximum atomic E-state index is 12.6. The summed E-state index contributed by atoms with van der Waals surface area (Å²) in [5, 5.41) is 11.0. The van der Waals surface area contributed by atoms with Gasteiger partial charge in [-0.25, -0.2) is 19.3 Å². The van der Waals surface area contributed by atoms with Crippen molar-refractivity contribution >= 4 is 11.6 Å². The lowest BCUT2D eigenvalue weighted by atomic mass is 10.1. The fourth-order valence-electron chi connectivity index (χ4n) is 2.40. The number of benzene rings is 1. The first kappa shape index (κ1) is 14.8. The number of para-hydroxylation sites is 1. The SMILES string of the molecule is O=C(Nc1ccc(-n2cncn2)nc1)c1ccccc1-n1cccn1. The number of carbonyl (C=O) groups is 1. The smallest absolute Gasteiger partial charge is 0.257 e. The molecule has 8 nitrogen and oxygen atoms in total. The lowest BCUT2D eigenvalue weighted by Gasteiger charge is -2.10. The molecule has 8 heteroatoms. The molecule has 0 aliphatic carbocycles. The molecule has 3 heterocycles. The van der Waals surface area contributed by atoms with Gasteiger partial charge in [0.05, 0.1) is 23.1 Å². The molecule has 1 aromatic carbocycles. The van der Waals surface area contributed by atoms with E-state index < -0.39 is 0 Å². The molecule has 0 saturated heterocycles. The minimum absolute atomic E-state index is 0.235. The van der Waals surface area contributed by atoms with Gasteiger partial charge in [-0.15, -0.1) is 0 Å². The van der Waals surface area contributed by atoms with Crippen LogP contribution in [0.25, 0.3) is 11.5 Å². The lowest BCUT2D eigenvalue weighted by molar-refractivity contribution is 0.102. The molecule has 0 aliphatic rings. The number of nitrogens with zero attached hydrogens (tertiary/aromatic N) is 6. The largest absolute Gasteiger partial charge is 0.321 e. The molecule has 4 aromatic rings. The lowest BCUT2D eigenvalue weighted by Crippen LogP contribution is -2.15. The summed E-state index contributed by atoms with van der Waals surface area (Å²) in [7, 11) is 0. The first-order chi connectivity index (χ1) is 12.3. The fraction of sp³-hybridized carbons (Fsp3) is 0. The Morgan fingerprint density at radius 2 is 1.92 bits per heavy atom. The molecule has 0 spiro atoms. The van der Waals surface area contributed by atoms with E-state index >= 15 is 0 Å². The number of aromatic nitrogens is 6. The molecule has 3 aromatic heterocycles. The Balaban J connectivity index is 1.57. The summed E-state index contributed by atoms with van der Waals surface area (Å²) in [5.74, 6) is 0.383. The van der Waals surface area contributed by atoms with Crippen molar-refractivity contribution in [2.75, 3.05) is 5.32 Å². The van der Waals surface area contributed by atoms with Crippen LogP contribution in [0.3, 0.4) is 0 Å². The van der Waals surface area contributed by atoms with Gasteiger partial charge in [0.2, 0.25) is 0 Å². The minimum Gasteiger partial charge on any atom is -0.321 e. The zero-order chi connectivity index (χ0) is 17.1. The summed E-state index contributed by atoms with van der Waals surface area (Å²) in [6, 6.07) is 12.6. The van der Waals surface area contributed by atoms with Gasteiger partial charge in [0.1, 0.15) is 12.7 Å². The molecule has 0 bridgehead atoms. The van der Waals surface area contributed by atoms with Crippen LogP contribution in [0.5, 0.6) is 0 Å². The average Bonchev–Trinajstić information content (AvgIpc) is 3.36. The van der Waals surface area contributed by atoms with Gasteiger partial charge in [-0.1, -0.05) is 12.1 Å². The fourth-order valence-corrected chi connectivity index (χ4v) is 2.40. The van der Waals surface area contributed by atoms with Gasteiger partial charge >= 0.3 is 0 Å². The summed E-state index contributed by atoms with van der Waals surface area (Å²) in [6.45, 7) is 0. The predicted octanol–water partition coefficient (Wildman–Crippen LogP) is 2.10. The highest BCUT2D eigenvalue weighted by atomic mass is 16.1. The van der Waals surface area contributed by atoms with E-state index in [1.165, 1.54) is 6.33 Å². The molecule has 122 valence electrons. The maximum absolute atomic E-state index is 12.6. The first-order valence-corrected chi connectivity index (χ1v) is 7.53. The maximum Gasteiger partial charge on any atom is 0.257 e. The summed E-state index contributed by atoms with van der Waals surface area (Å²) in [5.41, 5.74) is 1.81. The van der Waals surface area contributed by atoms with Gasteiger partial charge in [-0.05, 0) is 30.3 Å². The molecule has 0 radical (unpaired) electrons. The number of hydrogen-bond acceptors (Lipinski definition) is 5. The second-order valence-corrected chi connectivity index (χ2v) is 5.17. The van der Waals surface area contributed by atoms with E-state index in [1.54, 1.807) is 52.5 Å². The summed E-state index contributed by atoms with van der Waals surface area (Å²) in [4.78, 5) is 20.8. The van der Waals surface area contributed by atoms with Crippen molar-refractivity contribution in [2.24, 2.45) is 0 Å². The highest BCUT2D eigenvalue weighted by Gasteiger charge is 2.13. The number of pyridine rings is 1. The second kappa shape index (κ2) is 6.36. The molecular weight excluding hydrogens is 318 g/mol. The zero-order valence-electron chi connectivity index (χ0n) is 13.0. The summed E-state index contributed by atoms with van der Waals surface area (Å²) >= 11 is 0. The molecular formula is C17H13N7O. The number of rotatable bonds is 4. The van der Waals surface area contributed by atoms with Crippen LogP contribution in [0.15, 0.2) is 73.7 Å². The Kier molecular flexibility index (Phi) is 3.76. The van der Waals surface area contributed by atoms with Gasteiger partial charge in [-0.3, -0.25) is 4.79 Å². The third kappa shape index (κ3) is 3.00. The van der Waals surface area contributed by atoms with Crippen LogP contribution >= 0.6 is 0 Å². The monoisotopic (exact) mass is 331 g/mol. The predicted molar refractivity (Wildman–Crippen MR) is 90.7 cm³/mol. The van der Waals surface area contributed by atoms with E-state index in [0.29, 0.717) is 22.8 Å². The minimum atomic E-state index is -0.235. The van der Waals surface area contributed by atoms with Crippen molar-refractivity contribution < 1.29 is 4.79 Å². The second-order valence-electron chi connectivity index (χ2n) is 5.17. The highest BCUT2D eigenvalue weighted by molar-refractivity contribution is 6.06. The van der Waals surface area contributed by atoms with Gasteiger partial charge in [0.25, 0.3) is 5.91 Å². The summed E-state index contributed by atoms with van der Waals surface area (Å²) < 4.78 is 3.19. The number of nitrogens with one attached hydrogen (secondary N) is 1. The Labute approximate surface area is 142 Å². The van der Waals surface area contributed by atoms with Crippen molar-refractivity contribution in [1.29, 1.82) is 0 Å². The Hall–Kier alpha value is -3.81. The van der Waals surface area contributed by atoms with E-state index in [2.05, 4.69) is 25.5 Å². The van der Waals surface area contributed by atoms with Crippen LogP contribution in [0.4, 0.5) is 5.69 Å². The van der Waals surface area contributed by atoms with Crippen molar-refractivity contribution in [2.45, 2.75) is 0 Å². The number of amides is 1. The molecule has 0 fully saturated rings. The third-order valence-corrected chi connectivity index (χ3v) is 3.56. The van der Waals surface area contributed by atoms with Crippen molar-refractivity contribution in [3.8, 4) is 11.5 Å². The molecule has 0 unspecified atom stereocenters. The van der Waals surface area contributed by atoms with Gasteiger partial charge in [0.15, 0.2) is 5.82 Å². The number of hydrogen-bond donors (Lipinski definition) is 1. The van der Waals surface area contributed by atoms with Crippen LogP contribution in [-0.4, -0.2) is 35.4 Å². The third-order valence-electron chi connectivity index (χ3n) is 3.56. The highest BCUT2D eigenvalue weighted by Crippen LogP contribution is 2.16. The molecule has 4 rings (SSSR count). The van der Waals surface area contributed by atoms with E-state index in [1.807, 2.05) is 24.3 Å². The Bertz CT molecular complexity index is 976. The van der Waals surface area contributed by atoms with Crippen LogP contribution in [-0.2, 0) is 0 Å². The molecule has 1 N–H and O–H groups in total. The van der Waals surface area contributed by atoms with Crippen LogP contribution in [0.1, 0.15) is 10.4 Å². The van der Waals surface area contributed by atoms with E-state index in [9.17, 15) is 4.79 Å². The van der Waals surface area contributed by atoms with Crippen molar-refractivity contribution in [3.63, 3.8) is 0 Å². The standard InChI is InChI=1S/C17H13N7O/c25-17(14-4-1-2-5-15(14)23-9-3-8-20-23)22-13-6-7-16(19-10-13)24-12-18-11-21-24/h1-12H,(H,22,25). The van der Waals surface area contributed by atoms with E-state index in [-0.39, 0.29) is 5.91 Å². The Morgan fingerprint density at radius 1 is 1.00 bits per heavy atom. The van der Waals surface area contributed by atoms with Gasteiger partial charge < -0.3 is 5.32 Å². The van der Waals surface area contributed by atoms with Crippen LogP contribution < -0.4 is 5.32 Å². The van der Waals surface area contributed by atoms with E-state index in [4.69, 9.17) is 0 Å². The van der Waals surface area contributed by atoms with Crippen molar-refractivity contribution in [3.05, 3.63) is 79.3 Å². The van der Waals surface area contributed by atoms with Gasteiger partial charge in [-0.2, -0.15) is 10.2 Å². The summed E-state index contributed by atoms with van der Waals surface area (Å²) in [6.07, 6.45) is 8.03. The topological polar surface area (TPSA) is 90.5 Å². The van der Waals surface area contributed by atoms with Crippen LogP contribution in [0, 0.1) is 0 Å². The molecule has 25 heavy (non-hydrogen) atoms. The number of carbonyl (C=O) groups excluding carboxylic acids is 1.